The molecule has 7 nitrogen and oxygen atoms in total. The lowest BCUT2D eigenvalue weighted by atomic mass is 9.60. The molecule has 1 aliphatic heterocycles. The zero-order valence-corrected chi connectivity index (χ0v) is 17.4. The number of hydrogen-bond donors (Lipinski definition) is 0. The Labute approximate surface area is 185 Å². The molecular formula is C25H21N5O2. The van der Waals surface area contributed by atoms with Gasteiger partial charge in [0.15, 0.2) is 6.19 Å². The Morgan fingerprint density at radius 2 is 1.56 bits per heavy atom. The van der Waals surface area contributed by atoms with E-state index >= 15 is 0 Å². The van der Waals surface area contributed by atoms with Gasteiger partial charge in [0.05, 0.1) is 5.52 Å². The van der Waals surface area contributed by atoms with E-state index in [0.29, 0.717) is 23.1 Å². The molecule has 1 saturated carbocycles. The van der Waals surface area contributed by atoms with Crippen LogP contribution in [0, 0.1) is 16.9 Å². The summed E-state index contributed by atoms with van der Waals surface area (Å²) in [5.74, 6) is 2.77. The van der Waals surface area contributed by atoms with Crippen LogP contribution in [0.4, 0.5) is 0 Å². The molecule has 0 bridgehead atoms. The number of rotatable bonds is 5. The predicted octanol–water partition coefficient (Wildman–Crippen LogP) is 5.13. The van der Waals surface area contributed by atoms with Crippen molar-refractivity contribution in [1.29, 1.82) is 5.26 Å². The summed E-state index contributed by atoms with van der Waals surface area (Å²) in [4.78, 5) is 10.7. The minimum atomic E-state index is 0.294. The number of aromatic nitrogens is 3. The number of nitrogens with zero attached hydrogens (tertiary/aromatic N) is 5. The molecule has 32 heavy (non-hydrogen) atoms. The molecule has 1 aliphatic carbocycles. The number of fused-ring (bicyclic) bond motifs is 1. The standard InChI is InChI=1S/C25H21N5O2/c26-16-29-14-25(15-29)12-18(13-25)30-11-10-22-23(30)24(28-17-27-22)32-21-8-6-20(7-9-21)31-19-4-2-1-3-5-19/h1-11,17-18H,12-15H2. The summed E-state index contributed by atoms with van der Waals surface area (Å²) in [6.07, 6.45) is 7.97. The molecule has 2 aromatic heterocycles. The van der Waals surface area contributed by atoms with Gasteiger partial charge in [0.25, 0.3) is 0 Å². The first-order valence-corrected chi connectivity index (χ1v) is 10.7. The lowest BCUT2D eigenvalue weighted by molar-refractivity contribution is -0.0594. The van der Waals surface area contributed by atoms with E-state index in [4.69, 9.17) is 14.7 Å². The number of nitriles is 1. The van der Waals surface area contributed by atoms with Gasteiger partial charge in [0.1, 0.15) is 29.1 Å². The molecule has 1 spiro atoms. The highest BCUT2D eigenvalue weighted by Crippen LogP contribution is 2.54. The van der Waals surface area contributed by atoms with Crippen LogP contribution in [0.15, 0.2) is 73.2 Å². The Balaban J connectivity index is 1.20. The lowest BCUT2D eigenvalue weighted by Gasteiger charge is -2.57. The predicted molar refractivity (Wildman–Crippen MR) is 118 cm³/mol. The van der Waals surface area contributed by atoms with Gasteiger partial charge in [0.2, 0.25) is 5.88 Å². The van der Waals surface area contributed by atoms with E-state index in [1.807, 2.05) is 65.6 Å². The van der Waals surface area contributed by atoms with Gasteiger partial charge in [-0.05, 0) is 55.3 Å². The van der Waals surface area contributed by atoms with Crippen molar-refractivity contribution in [1.82, 2.24) is 19.4 Å². The van der Waals surface area contributed by atoms with Gasteiger partial charge in [0, 0.05) is 30.7 Å². The smallest absolute Gasteiger partial charge is 0.247 e. The Morgan fingerprint density at radius 3 is 2.28 bits per heavy atom. The van der Waals surface area contributed by atoms with Gasteiger partial charge in [-0.1, -0.05) is 18.2 Å². The quantitative estimate of drug-likeness (QED) is 0.414. The SMILES string of the molecule is N#CN1CC2(CC(n3ccc4ncnc(Oc5ccc(Oc6ccccc6)cc5)c43)C2)C1. The molecule has 3 heterocycles. The summed E-state index contributed by atoms with van der Waals surface area (Å²) in [6, 6.07) is 19.6. The third kappa shape index (κ3) is 3.21. The van der Waals surface area contributed by atoms with Crippen LogP contribution < -0.4 is 9.47 Å². The largest absolute Gasteiger partial charge is 0.457 e. The first-order valence-electron chi connectivity index (χ1n) is 10.7. The van der Waals surface area contributed by atoms with Crippen LogP contribution in [-0.2, 0) is 0 Å². The molecule has 0 N–H and O–H groups in total. The highest BCUT2D eigenvalue weighted by molar-refractivity contribution is 5.81. The molecule has 1 saturated heterocycles. The van der Waals surface area contributed by atoms with E-state index < -0.39 is 0 Å². The lowest BCUT2D eigenvalue weighted by Crippen LogP contribution is -2.60. The van der Waals surface area contributed by atoms with Crippen molar-refractivity contribution in [2.45, 2.75) is 18.9 Å². The van der Waals surface area contributed by atoms with E-state index in [1.165, 1.54) is 6.33 Å². The van der Waals surface area contributed by atoms with Crippen LogP contribution in [0.3, 0.4) is 0 Å². The summed E-state index contributed by atoms with van der Waals surface area (Å²) in [5, 5.41) is 9.03. The van der Waals surface area contributed by atoms with Crippen LogP contribution in [0.25, 0.3) is 11.0 Å². The zero-order valence-electron chi connectivity index (χ0n) is 17.4. The van der Waals surface area contributed by atoms with Crippen molar-refractivity contribution in [3.05, 3.63) is 73.2 Å². The topological polar surface area (TPSA) is 76.2 Å². The Morgan fingerprint density at radius 1 is 0.875 bits per heavy atom. The maximum absolute atomic E-state index is 9.03. The number of para-hydroxylation sites is 1. The van der Waals surface area contributed by atoms with Crippen LogP contribution in [0.1, 0.15) is 18.9 Å². The molecule has 6 rings (SSSR count). The van der Waals surface area contributed by atoms with Crippen molar-refractivity contribution in [3.63, 3.8) is 0 Å². The molecule has 0 atom stereocenters. The maximum atomic E-state index is 9.03. The second kappa shape index (κ2) is 7.27. The third-order valence-corrected chi connectivity index (χ3v) is 6.41. The first kappa shape index (κ1) is 18.7. The summed E-state index contributed by atoms with van der Waals surface area (Å²) < 4.78 is 14.3. The maximum Gasteiger partial charge on any atom is 0.247 e. The molecule has 2 aliphatic rings. The summed E-state index contributed by atoms with van der Waals surface area (Å²) in [7, 11) is 0. The third-order valence-electron chi connectivity index (χ3n) is 6.41. The summed E-state index contributed by atoms with van der Waals surface area (Å²) in [5.41, 5.74) is 2.07. The van der Waals surface area contributed by atoms with E-state index in [0.717, 1.165) is 48.5 Å². The normalized spacial score (nSPS) is 16.9. The number of hydrogen-bond acceptors (Lipinski definition) is 6. The number of benzene rings is 2. The first-order chi connectivity index (χ1) is 15.7. The van der Waals surface area contributed by atoms with Crippen molar-refractivity contribution in [3.8, 4) is 29.3 Å². The fraction of sp³-hybridized carbons (Fsp3) is 0.240. The molecule has 0 amide bonds. The second-order valence-electron chi connectivity index (χ2n) is 8.64. The molecule has 4 aromatic rings. The van der Waals surface area contributed by atoms with Gasteiger partial charge >= 0.3 is 0 Å². The van der Waals surface area contributed by atoms with Crippen LogP contribution in [0.5, 0.6) is 23.1 Å². The van der Waals surface area contributed by atoms with E-state index in [-0.39, 0.29) is 0 Å². The van der Waals surface area contributed by atoms with E-state index in [2.05, 4.69) is 26.9 Å². The zero-order chi connectivity index (χ0) is 21.5. The summed E-state index contributed by atoms with van der Waals surface area (Å²) >= 11 is 0. The van der Waals surface area contributed by atoms with Crippen LogP contribution >= 0.6 is 0 Å². The average Bonchev–Trinajstić information content (AvgIpc) is 3.19. The van der Waals surface area contributed by atoms with E-state index in [9.17, 15) is 0 Å². The summed E-state index contributed by atoms with van der Waals surface area (Å²) in [6.45, 7) is 1.74. The molecule has 2 fully saturated rings. The minimum Gasteiger partial charge on any atom is -0.457 e. The fourth-order valence-corrected chi connectivity index (χ4v) is 4.89. The monoisotopic (exact) mass is 423 g/mol. The Hall–Kier alpha value is -4.05. The van der Waals surface area contributed by atoms with Gasteiger partial charge in [-0.2, -0.15) is 10.2 Å². The minimum absolute atomic E-state index is 0.294. The van der Waals surface area contributed by atoms with E-state index in [1.54, 1.807) is 0 Å². The molecule has 2 aromatic carbocycles. The number of ether oxygens (including phenoxy) is 2. The van der Waals surface area contributed by atoms with Crippen molar-refractivity contribution in [2.75, 3.05) is 13.1 Å². The molecule has 0 unspecified atom stereocenters. The van der Waals surface area contributed by atoms with Gasteiger partial charge < -0.3 is 18.9 Å². The fourth-order valence-electron chi connectivity index (χ4n) is 4.89. The second-order valence-corrected chi connectivity index (χ2v) is 8.64. The molecule has 7 heteroatoms. The molecule has 0 radical (unpaired) electrons. The highest BCUT2D eigenvalue weighted by Gasteiger charge is 2.53. The van der Waals surface area contributed by atoms with Gasteiger partial charge in [-0.25, -0.2) is 4.98 Å². The average molecular weight is 423 g/mol. The Kier molecular flexibility index (Phi) is 4.25. The van der Waals surface area contributed by atoms with Crippen LogP contribution in [-0.4, -0.2) is 32.5 Å². The van der Waals surface area contributed by atoms with Gasteiger partial charge in [-0.3, -0.25) is 0 Å². The van der Waals surface area contributed by atoms with Crippen molar-refractivity contribution < 1.29 is 9.47 Å². The van der Waals surface area contributed by atoms with Crippen molar-refractivity contribution in [2.24, 2.45) is 5.41 Å². The number of likely N-dealkylation sites (tertiary alicyclic amines) is 1. The van der Waals surface area contributed by atoms with Gasteiger partial charge in [-0.15, -0.1) is 0 Å². The highest BCUT2D eigenvalue weighted by atomic mass is 16.5. The Bertz CT molecular complexity index is 1300. The van der Waals surface area contributed by atoms with Crippen molar-refractivity contribution >= 4 is 11.0 Å². The molecular weight excluding hydrogens is 402 g/mol. The molecule has 158 valence electrons. The van der Waals surface area contributed by atoms with Crippen LogP contribution in [0.2, 0.25) is 0 Å².